The number of nitrogens with one attached hydrogen (secondary N) is 1. The first kappa shape index (κ1) is 19.8. The van der Waals surface area contributed by atoms with E-state index in [4.69, 9.17) is 5.73 Å². The standard InChI is InChI=1S/C15H13N7O6/c16-15(19-17-7-9-1-3-13(23)11(5-9)21(25)26)20-18-8-10-2-4-14(24)12(6-10)22(27)28/h1-8,23-24H,(H3,16,19,20). The maximum absolute atomic E-state index is 10.7. The normalized spacial score (nSPS) is 11.8. The van der Waals surface area contributed by atoms with Gasteiger partial charge in [0.25, 0.3) is 0 Å². The predicted octanol–water partition coefficient (Wildman–Crippen LogP) is 1.19. The first-order valence-electron chi connectivity index (χ1n) is 7.38. The van der Waals surface area contributed by atoms with Gasteiger partial charge in [0.05, 0.1) is 22.3 Å². The monoisotopic (exact) mass is 387 g/mol. The Morgan fingerprint density at radius 3 is 1.96 bits per heavy atom. The number of hydrogen-bond donors (Lipinski definition) is 4. The number of nitrogens with two attached hydrogens (primary N) is 1. The van der Waals surface area contributed by atoms with Crippen molar-refractivity contribution in [2.45, 2.75) is 0 Å². The minimum absolute atomic E-state index is 0.228. The molecule has 0 fully saturated rings. The Morgan fingerprint density at radius 1 is 0.964 bits per heavy atom. The molecule has 0 heterocycles. The fraction of sp³-hybridized carbons (Fsp3) is 0. The topological polar surface area (TPSA) is 202 Å². The Balaban J connectivity index is 2.01. The van der Waals surface area contributed by atoms with Crippen molar-refractivity contribution >= 4 is 29.8 Å². The highest BCUT2D eigenvalue weighted by atomic mass is 16.6. The Morgan fingerprint density at radius 2 is 1.46 bits per heavy atom. The molecule has 0 aliphatic heterocycles. The van der Waals surface area contributed by atoms with Crippen LogP contribution in [0.4, 0.5) is 11.4 Å². The summed E-state index contributed by atoms with van der Waals surface area (Å²) in [6.45, 7) is 0. The highest BCUT2D eigenvalue weighted by Crippen LogP contribution is 2.26. The van der Waals surface area contributed by atoms with E-state index in [9.17, 15) is 30.4 Å². The zero-order valence-corrected chi connectivity index (χ0v) is 14.0. The van der Waals surface area contributed by atoms with Crippen molar-refractivity contribution in [2.75, 3.05) is 0 Å². The third kappa shape index (κ3) is 5.22. The molecular weight excluding hydrogens is 374 g/mol. The molecule has 0 saturated carbocycles. The molecule has 0 spiro atoms. The number of nitrogens with zero attached hydrogens (tertiary/aromatic N) is 5. The van der Waals surface area contributed by atoms with Crippen molar-refractivity contribution in [3.63, 3.8) is 0 Å². The van der Waals surface area contributed by atoms with Crippen molar-refractivity contribution in [3.05, 3.63) is 67.8 Å². The minimum Gasteiger partial charge on any atom is -0.502 e. The molecule has 0 aliphatic carbocycles. The van der Waals surface area contributed by atoms with Crippen LogP contribution in [0, 0.1) is 20.2 Å². The minimum atomic E-state index is -0.742. The van der Waals surface area contributed by atoms with Crippen LogP contribution in [0.25, 0.3) is 0 Å². The molecule has 0 amide bonds. The van der Waals surface area contributed by atoms with Gasteiger partial charge < -0.3 is 15.9 Å². The van der Waals surface area contributed by atoms with E-state index in [-0.39, 0.29) is 5.96 Å². The van der Waals surface area contributed by atoms with Crippen molar-refractivity contribution < 1.29 is 20.1 Å². The Labute approximate surface area is 156 Å². The van der Waals surface area contributed by atoms with Crippen molar-refractivity contribution in [1.82, 2.24) is 5.43 Å². The van der Waals surface area contributed by atoms with E-state index in [0.29, 0.717) is 11.1 Å². The van der Waals surface area contributed by atoms with Gasteiger partial charge in [0.2, 0.25) is 5.96 Å². The molecule has 2 rings (SSSR count). The smallest absolute Gasteiger partial charge is 0.311 e. The Kier molecular flexibility index (Phi) is 6.15. The summed E-state index contributed by atoms with van der Waals surface area (Å²) in [5, 5.41) is 51.1. The molecule has 0 radical (unpaired) electrons. The number of nitro benzene ring substituents is 2. The molecule has 0 aliphatic rings. The molecule has 0 saturated heterocycles. The average molecular weight is 387 g/mol. The van der Waals surface area contributed by atoms with Crippen LogP contribution in [0.1, 0.15) is 11.1 Å². The number of phenolic OH excluding ortho intramolecular Hbond substituents is 2. The predicted molar refractivity (Wildman–Crippen MR) is 99.5 cm³/mol. The highest BCUT2D eigenvalue weighted by Gasteiger charge is 2.13. The number of hydrazone groups is 1. The third-order valence-corrected chi connectivity index (χ3v) is 3.16. The molecule has 144 valence electrons. The summed E-state index contributed by atoms with van der Waals surface area (Å²) in [6, 6.07) is 7.30. The van der Waals surface area contributed by atoms with E-state index in [0.717, 1.165) is 24.3 Å². The lowest BCUT2D eigenvalue weighted by atomic mass is 10.2. The van der Waals surface area contributed by atoms with Crippen LogP contribution in [0.15, 0.2) is 51.7 Å². The van der Waals surface area contributed by atoms with Gasteiger partial charge in [-0.15, -0.1) is 5.10 Å². The van der Waals surface area contributed by atoms with Crippen molar-refractivity contribution in [1.29, 1.82) is 0 Å². The fourth-order valence-corrected chi connectivity index (χ4v) is 1.89. The maximum atomic E-state index is 10.7. The van der Waals surface area contributed by atoms with Crippen LogP contribution in [-0.2, 0) is 0 Å². The van der Waals surface area contributed by atoms with Gasteiger partial charge in [0, 0.05) is 23.3 Å². The summed E-state index contributed by atoms with van der Waals surface area (Å²) in [7, 11) is 0. The molecule has 0 atom stereocenters. The SMILES string of the molecule is NC(=NN=Cc1ccc(O)c([N+](=O)[O-])c1)NN=Cc1ccc(O)c([N+](=O)[O-])c1. The number of guanidine groups is 1. The van der Waals surface area contributed by atoms with E-state index in [1.165, 1.54) is 24.6 Å². The molecule has 5 N–H and O–H groups in total. The van der Waals surface area contributed by atoms with E-state index >= 15 is 0 Å². The van der Waals surface area contributed by atoms with Gasteiger partial charge >= 0.3 is 11.4 Å². The Bertz CT molecular complexity index is 1000. The van der Waals surface area contributed by atoms with Gasteiger partial charge in [0.1, 0.15) is 0 Å². The first-order valence-corrected chi connectivity index (χ1v) is 7.38. The van der Waals surface area contributed by atoms with Gasteiger partial charge in [-0.25, -0.2) is 5.43 Å². The summed E-state index contributed by atoms with van der Waals surface area (Å²) >= 11 is 0. The van der Waals surface area contributed by atoms with Crippen LogP contribution >= 0.6 is 0 Å². The lowest BCUT2D eigenvalue weighted by molar-refractivity contribution is -0.386. The summed E-state index contributed by atoms with van der Waals surface area (Å²) in [6.07, 6.45) is 2.38. The van der Waals surface area contributed by atoms with Gasteiger partial charge in [-0.05, 0) is 24.3 Å². The zero-order chi connectivity index (χ0) is 20.7. The van der Waals surface area contributed by atoms with Gasteiger partial charge in [-0.1, -0.05) is 0 Å². The van der Waals surface area contributed by atoms with Crippen LogP contribution in [0.3, 0.4) is 0 Å². The van der Waals surface area contributed by atoms with E-state index in [2.05, 4.69) is 20.7 Å². The molecule has 0 unspecified atom stereocenters. The summed E-state index contributed by atoms with van der Waals surface area (Å²) in [4.78, 5) is 20.0. The van der Waals surface area contributed by atoms with Gasteiger partial charge in [-0.3, -0.25) is 20.2 Å². The molecule has 13 heteroatoms. The second-order valence-electron chi connectivity index (χ2n) is 5.11. The molecule has 13 nitrogen and oxygen atoms in total. The molecule has 2 aromatic carbocycles. The molecule has 0 bridgehead atoms. The maximum Gasteiger partial charge on any atom is 0.311 e. The van der Waals surface area contributed by atoms with Crippen LogP contribution in [0.5, 0.6) is 11.5 Å². The highest BCUT2D eigenvalue weighted by molar-refractivity contribution is 5.85. The van der Waals surface area contributed by atoms with Crippen LogP contribution < -0.4 is 11.2 Å². The van der Waals surface area contributed by atoms with Crippen molar-refractivity contribution in [2.24, 2.45) is 21.0 Å². The van der Waals surface area contributed by atoms with E-state index in [1.54, 1.807) is 0 Å². The Hall–Kier alpha value is -4.55. The summed E-state index contributed by atoms with van der Waals surface area (Å²) < 4.78 is 0. The lowest BCUT2D eigenvalue weighted by Gasteiger charge is -1.98. The lowest BCUT2D eigenvalue weighted by Crippen LogP contribution is -2.26. The first-order chi connectivity index (χ1) is 13.3. The van der Waals surface area contributed by atoms with Crippen molar-refractivity contribution in [3.8, 4) is 11.5 Å². The average Bonchev–Trinajstić information content (AvgIpc) is 2.64. The molecular formula is C15H13N7O6. The summed E-state index contributed by atoms with van der Waals surface area (Å²) in [5.74, 6) is -1.18. The summed E-state index contributed by atoms with van der Waals surface area (Å²) in [5.41, 5.74) is 7.52. The van der Waals surface area contributed by atoms with E-state index in [1.807, 2.05) is 0 Å². The number of aromatic hydroxyl groups is 2. The van der Waals surface area contributed by atoms with E-state index < -0.39 is 32.7 Å². The second-order valence-corrected chi connectivity index (χ2v) is 5.11. The molecule has 0 aromatic heterocycles. The third-order valence-electron chi connectivity index (χ3n) is 3.16. The number of rotatable bonds is 6. The second kappa shape index (κ2) is 8.70. The zero-order valence-electron chi connectivity index (χ0n) is 14.0. The quantitative estimate of drug-likeness (QED) is 0.245. The van der Waals surface area contributed by atoms with Gasteiger partial charge in [0.15, 0.2) is 11.5 Å². The fourth-order valence-electron chi connectivity index (χ4n) is 1.89. The van der Waals surface area contributed by atoms with Crippen LogP contribution in [0.2, 0.25) is 0 Å². The number of phenols is 2. The number of hydrogen-bond acceptors (Lipinski definition) is 9. The molecule has 2 aromatic rings. The number of nitro groups is 2. The largest absolute Gasteiger partial charge is 0.502 e. The number of benzene rings is 2. The molecule has 28 heavy (non-hydrogen) atoms. The van der Waals surface area contributed by atoms with Gasteiger partial charge in [-0.2, -0.15) is 10.2 Å². The van der Waals surface area contributed by atoms with Crippen LogP contribution in [-0.4, -0.2) is 38.4 Å².